The zero-order chi connectivity index (χ0) is 11.5. The van der Waals surface area contributed by atoms with E-state index in [9.17, 15) is 9.50 Å². The van der Waals surface area contributed by atoms with Crippen LogP contribution in [0.3, 0.4) is 0 Å². The summed E-state index contributed by atoms with van der Waals surface area (Å²) in [5.74, 6) is -0.439. The van der Waals surface area contributed by atoms with E-state index in [2.05, 4.69) is 9.97 Å². The molecule has 2 aromatic rings. The van der Waals surface area contributed by atoms with Gasteiger partial charge < -0.3 is 5.11 Å². The summed E-state index contributed by atoms with van der Waals surface area (Å²) in [5, 5.41) is 12.7. The number of hydrogen-bond acceptors (Lipinski definition) is 4. The lowest BCUT2D eigenvalue weighted by molar-refractivity contribution is 0.176. The highest BCUT2D eigenvalue weighted by atomic mass is 32.1. The van der Waals surface area contributed by atoms with Crippen molar-refractivity contribution in [1.82, 2.24) is 9.97 Å². The van der Waals surface area contributed by atoms with E-state index in [0.717, 1.165) is 16.9 Å². The summed E-state index contributed by atoms with van der Waals surface area (Å²) >= 11 is 1.53. The number of aliphatic hydroxyl groups excluding tert-OH is 1. The molecule has 1 atom stereocenters. The molecule has 0 radical (unpaired) electrons. The molecule has 1 unspecified atom stereocenters. The van der Waals surface area contributed by atoms with Gasteiger partial charge in [-0.2, -0.15) is 0 Å². The minimum absolute atomic E-state index is 0.384. The largest absolute Gasteiger partial charge is 0.388 e. The number of pyridine rings is 1. The van der Waals surface area contributed by atoms with Crippen molar-refractivity contribution >= 4 is 11.3 Å². The van der Waals surface area contributed by atoms with Gasteiger partial charge in [0.1, 0.15) is 5.82 Å². The SMILES string of the molecule is Cc1nc(CC(O)c2cncc(F)c2)cs1. The van der Waals surface area contributed by atoms with Crippen LogP contribution in [0.1, 0.15) is 22.4 Å². The second-order valence-electron chi connectivity index (χ2n) is 3.51. The molecule has 2 rings (SSSR count). The molecule has 5 heteroatoms. The third kappa shape index (κ3) is 2.62. The first-order chi connectivity index (χ1) is 7.65. The average Bonchev–Trinajstić information content (AvgIpc) is 2.64. The fourth-order valence-corrected chi connectivity index (χ4v) is 2.05. The molecule has 3 nitrogen and oxygen atoms in total. The maximum absolute atomic E-state index is 12.9. The van der Waals surface area contributed by atoms with Gasteiger partial charge in [0, 0.05) is 23.6 Å². The molecule has 1 N–H and O–H groups in total. The Kier molecular flexibility index (Phi) is 3.26. The number of nitrogens with zero attached hydrogens (tertiary/aromatic N) is 2. The molecular weight excluding hydrogens is 227 g/mol. The van der Waals surface area contributed by atoms with E-state index >= 15 is 0 Å². The van der Waals surface area contributed by atoms with E-state index in [-0.39, 0.29) is 0 Å². The van der Waals surface area contributed by atoms with Gasteiger partial charge in [0.05, 0.1) is 23.0 Å². The fraction of sp³-hybridized carbons (Fsp3) is 0.273. The van der Waals surface area contributed by atoms with Crippen LogP contribution in [-0.4, -0.2) is 15.1 Å². The topological polar surface area (TPSA) is 46.0 Å². The Hall–Kier alpha value is -1.33. The summed E-state index contributed by atoms with van der Waals surface area (Å²) in [6, 6.07) is 1.29. The Labute approximate surface area is 96.6 Å². The Morgan fingerprint density at radius 3 is 2.94 bits per heavy atom. The summed E-state index contributed by atoms with van der Waals surface area (Å²) < 4.78 is 12.9. The van der Waals surface area contributed by atoms with Crippen molar-refractivity contribution in [3.05, 3.63) is 45.9 Å². The zero-order valence-corrected chi connectivity index (χ0v) is 9.54. The summed E-state index contributed by atoms with van der Waals surface area (Å²) in [4.78, 5) is 7.94. The van der Waals surface area contributed by atoms with Gasteiger partial charge in [-0.15, -0.1) is 11.3 Å². The predicted octanol–water partition coefficient (Wildman–Crippen LogP) is 2.26. The lowest BCUT2D eigenvalue weighted by Crippen LogP contribution is -2.03. The maximum Gasteiger partial charge on any atom is 0.141 e. The van der Waals surface area contributed by atoms with E-state index in [1.807, 2.05) is 12.3 Å². The van der Waals surface area contributed by atoms with Crippen molar-refractivity contribution in [1.29, 1.82) is 0 Å². The first-order valence-corrected chi connectivity index (χ1v) is 5.72. The van der Waals surface area contributed by atoms with Gasteiger partial charge in [-0.25, -0.2) is 9.37 Å². The van der Waals surface area contributed by atoms with Gasteiger partial charge in [-0.1, -0.05) is 0 Å². The van der Waals surface area contributed by atoms with Crippen LogP contribution in [0.4, 0.5) is 4.39 Å². The fourth-order valence-electron chi connectivity index (χ4n) is 1.43. The molecule has 0 amide bonds. The lowest BCUT2D eigenvalue weighted by Gasteiger charge is -2.08. The van der Waals surface area contributed by atoms with Crippen LogP contribution in [0, 0.1) is 12.7 Å². The number of aryl methyl sites for hydroxylation is 1. The smallest absolute Gasteiger partial charge is 0.141 e. The van der Waals surface area contributed by atoms with Crippen molar-refractivity contribution in [2.45, 2.75) is 19.4 Å². The highest BCUT2D eigenvalue weighted by Crippen LogP contribution is 2.19. The third-order valence-electron chi connectivity index (χ3n) is 2.18. The highest BCUT2D eigenvalue weighted by molar-refractivity contribution is 7.09. The Bertz CT molecular complexity index is 486. The van der Waals surface area contributed by atoms with Crippen LogP contribution >= 0.6 is 11.3 Å². The molecule has 0 spiro atoms. The summed E-state index contributed by atoms with van der Waals surface area (Å²) in [6.45, 7) is 1.91. The molecule has 2 heterocycles. The quantitative estimate of drug-likeness (QED) is 0.892. The highest BCUT2D eigenvalue weighted by Gasteiger charge is 2.11. The summed E-state index contributed by atoms with van der Waals surface area (Å²) in [6.07, 6.45) is 2.20. The van der Waals surface area contributed by atoms with Gasteiger partial charge in [0.15, 0.2) is 0 Å². The van der Waals surface area contributed by atoms with Crippen molar-refractivity contribution in [2.24, 2.45) is 0 Å². The molecule has 2 aromatic heterocycles. The van der Waals surface area contributed by atoms with Gasteiger partial charge in [-0.05, 0) is 13.0 Å². The predicted molar refractivity (Wildman–Crippen MR) is 59.7 cm³/mol. The third-order valence-corrected chi connectivity index (χ3v) is 3.00. The Balaban J connectivity index is 2.11. The Morgan fingerprint density at radius 2 is 2.31 bits per heavy atom. The normalized spacial score (nSPS) is 12.7. The molecule has 0 aliphatic carbocycles. The van der Waals surface area contributed by atoms with E-state index in [1.54, 1.807) is 0 Å². The van der Waals surface area contributed by atoms with Gasteiger partial charge in [0.2, 0.25) is 0 Å². The standard InChI is InChI=1S/C11H11FN2OS/c1-7-14-10(6-16-7)3-11(15)8-2-9(12)5-13-4-8/h2,4-6,11,15H,3H2,1H3. The van der Waals surface area contributed by atoms with Crippen LogP contribution in [0.25, 0.3) is 0 Å². The molecular formula is C11H11FN2OS. The average molecular weight is 238 g/mol. The molecule has 16 heavy (non-hydrogen) atoms. The van der Waals surface area contributed by atoms with Crippen molar-refractivity contribution < 1.29 is 9.50 Å². The Morgan fingerprint density at radius 1 is 1.50 bits per heavy atom. The lowest BCUT2D eigenvalue weighted by atomic mass is 10.1. The molecule has 84 valence electrons. The number of aromatic nitrogens is 2. The van der Waals surface area contributed by atoms with E-state index < -0.39 is 11.9 Å². The van der Waals surface area contributed by atoms with Gasteiger partial charge in [0.25, 0.3) is 0 Å². The van der Waals surface area contributed by atoms with Crippen molar-refractivity contribution in [3.63, 3.8) is 0 Å². The summed E-state index contributed by atoms with van der Waals surface area (Å²) in [7, 11) is 0. The summed E-state index contributed by atoms with van der Waals surface area (Å²) in [5.41, 5.74) is 1.30. The molecule has 0 aromatic carbocycles. The maximum atomic E-state index is 12.9. The number of halogens is 1. The van der Waals surface area contributed by atoms with Gasteiger partial charge in [-0.3, -0.25) is 4.98 Å². The first-order valence-electron chi connectivity index (χ1n) is 4.84. The number of hydrogen-bond donors (Lipinski definition) is 1. The molecule has 0 saturated carbocycles. The minimum Gasteiger partial charge on any atom is -0.388 e. The van der Waals surface area contributed by atoms with Gasteiger partial charge >= 0.3 is 0 Å². The van der Waals surface area contributed by atoms with E-state index in [0.29, 0.717) is 12.0 Å². The molecule has 0 aliphatic heterocycles. The second kappa shape index (κ2) is 4.67. The van der Waals surface area contributed by atoms with Crippen LogP contribution in [0.15, 0.2) is 23.8 Å². The van der Waals surface area contributed by atoms with Crippen LogP contribution in [0.2, 0.25) is 0 Å². The molecule has 0 saturated heterocycles. The van der Waals surface area contributed by atoms with Crippen molar-refractivity contribution in [2.75, 3.05) is 0 Å². The minimum atomic E-state index is -0.760. The monoisotopic (exact) mass is 238 g/mol. The van der Waals surface area contributed by atoms with E-state index in [4.69, 9.17) is 0 Å². The number of thiazole rings is 1. The molecule has 0 fully saturated rings. The number of rotatable bonds is 3. The molecule has 0 bridgehead atoms. The van der Waals surface area contributed by atoms with Crippen LogP contribution in [0.5, 0.6) is 0 Å². The second-order valence-corrected chi connectivity index (χ2v) is 4.58. The van der Waals surface area contributed by atoms with Crippen LogP contribution in [-0.2, 0) is 6.42 Å². The molecule has 0 aliphatic rings. The van der Waals surface area contributed by atoms with Crippen LogP contribution < -0.4 is 0 Å². The van der Waals surface area contributed by atoms with Crippen molar-refractivity contribution in [3.8, 4) is 0 Å². The number of aliphatic hydroxyl groups is 1. The van der Waals surface area contributed by atoms with E-state index in [1.165, 1.54) is 23.6 Å². The zero-order valence-electron chi connectivity index (χ0n) is 8.72. The first kappa shape index (κ1) is 11.2.